The first-order valence-electron chi connectivity index (χ1n) is 7.67. The van der Waals surface area contributed by atoms with Crippen LogP contribution in [0.15, 0.2) is 12.3 Å². The highest BCUT2D eigenvalue weighted by Gasteiger charge is 2.12. The van der Waals surface area contributed by atoms with E-state index in [1.807, 2.05) is 12.3 Å². The molecule has 2 heterocycles. The van der Waals surface area contributed by atoms with Crippen LogP contribution in [-0.2, 0) is 0 Å². The fourth-order valence-electron chi connectivity index (χ4n) is 2.41. The van der Waals surface area contributed by atoms with Crippen molar-refractivity contribution in [2.24, 2.45) is 0 Å². The van der Waals surface area contributed by atoms with Gasteiger partial charge in [0.2, 0.25) is 5.95 Å². The highest BCUT2D eigenvalue weighted by atomic mass is 15.3. The molecule has 112 valence electrons. The predicted octanol–water partition coefficient (Wildman–Crippen LogP) is 1.98. The lowest BCUT2D eigenvalue weighted by Crippen LogP contribution is -2.38. The molecule has 5 nitrogen and oxygen atoms in total. The molecule has 0 radical (unpaired) electrons. The molecule has 1 aromatic heterocycles. The van der Waals surface area contributed by atoms with Crippen molar-refractivity contribution in [2.75, 3.05) is 57.5 Å². The van der Waals surface area contributed by atoms with Crippen LogP contribution in [0.5, 0.6) is 0 Å². The van der Waals surface area contributed by atoms with Gasteiger partial charge < -0.3 is 14.7 Å². The summed E-state index contributed by atoms with van der Waals surface area (Å²) in [4.78, 5) is 11.4. The fraction of sp³-hybridized carbons (Fsp3) is 0.733. The Morgan fingerprint density at radius 3 is 2.50 bits per heavy atom. The van der Waals surface area contributed by atoms with Gasteiger partial charge in [-0.25, -0.2) is 4.98 Å². The van der Waals surface area contributed by atoms with E-state index in [2.05, 4.69) is 41.3 Å². The Kier molecular flexibility index (Phi) is 5.17. The zero-order valence-electron chi connectivity index (χ0n) is 13.1. The molecule has 0 amide bonds. The molecule has 1 aliphatic heterocycles. The molecule has 0 spiro atoms. The second-order valence-corrected chi connectivity index (χ2v) is 6.58. The topological polar surface area (TPSA) is 41.1 Å². The smallest absolute Gasteiger partial charge is 0.224 e. The van der Waals surface area contributed by atoms with Gasteiger partial charge in [-0.1, -0.05) is 12.8 Å². The van der Waals surface area contributed by atoms with Crippen LogP contribution in [0, 0.1) is 0 Å². The summed E-state index contributed by atoms with van der Waals surface area (Å²) in [7, 11) is 6.57. The molecule has 0 unspecified atom stereocenters. The Hall–Kier alpha value is -1.36. The van der Waals surface area contributed by atoms with Crippen molar-refractivity contribution in [3.63, 3.8) is 0 Å². The van der Waals surface area contributed by atoms with Crippen LogP contribution < -0.4 is 10.2 Å². The lowest BCUT2D eigenvalue weighted by atomic mass is 10.2. The monoisotopic (exact) mass is 278 g/mol. The highest BCUT2D eigenvalue weighted by molar-refractivity contribution is 5.42. The summed E-state index contributed by atoms with van der Waals surface area (Å²) >= 11 is 0. The molecule has 20 heavy (non-hydrogen) atoms. The average molecular weight is 278 g/mol. The van der Waals surface area contributed by atoms with Gasteiger partial charge in [-0.15, -0.1) is 0 Å². The molecule has 0 bridgehead atoms. The van der Waals surface area contributed by atoms with Crippen LogP contribution in [0.3, 0.4) is 0 Å². The normalized spacial score (nSPS) is 16.9. The first kappa shape index (κ1) is 15.0. The van der Waals surface area contributed by atoms with Crippen molar-refractivity contribution in [1.29, 1.82) is 0 Å². The molecular formula is C15H28N5+. The van der Waals surface area contributed by atoms with Gasteiger partial charge in [-0.2, -0.15) is 4.98 Å². The van der Waals surface area contributed by atoms with Gasteiger partial charge in [-0.3, -0.25) is 0 Å². The van der Waals surface area contributed by atoms with Crippen molar-refractivity contribution in [3.8, 4) is 0 Å². The Labute approximate surface area is 122 Å². The van der Waals surface area contributed by atoms with E-state index in [9.17, 15) is 0 Å². The largest absolute Gasteiger partial charge is 0.356 e. The molecule has 2 rings (SSSR count). The zero-order chi connectivity index (χ0) is 14.4. The summed E-state index contributed by atoms with van der Waals surface area (Å²) in [5.41, 5.74) is 0. The first-order valence-corrected chi connectivity index (χ1v) is 7.67. The van der Waals surface area contributed by atoms with Gasteiger partial charge in [-0.05, 0) is 18.9 Å². The number of anilines is 2. The summed E-state index contributed by atoms with van der Waals surface area (Å²) in [5, 5.41) is 3.33. The van der Waals surface area contributed by atoms with E-state index in [0.717, 1.165) is 42.4 Å². The number of nitrogens with zero attached hydrogens (tertiary/aromatic N) is 4. The van der Waals surface area contributed by atoms with Gasteiger partial charge in [0.25, 0.3) is 0 Å². The number of quaternary nitrogens is 1. The Morgan fingerprint density at radius 2 is 1.85 bits per heavy atom. The van der Waals surface area contributed by atoms with Gasteiger partial charge in [0, 0.05) is 19.3 Å². The van der Waals surface area contributed by atoms with E-state index in [0.29, 0.717) is 0 Å². The number of rotatable bonds is 5. The maximum Gasteiger partial charge on any atom is 0.224 e. The standard InChI is InChI=1S/C15H28N5/c1-20(2,3)13-10-17-15-16-9-8-14(18-15)19-11-6-4-5-7-12-19/h8-9H,4-7,10-13H2,1-3H3,(H,16,17,18)/q+1. The first-order chi connectivity index (χ1) is 9.54. The minimum atomic E-state index is 0.750. The van der Waals surface area contributed by atoms with Crippen molar-refractivity contribution < 1.29 is 4.48 Å². The van der Waals surface area contributed by atoms with Crippen molar-refractivity contribution in [2.45, 2.75) is 25.7 Å². The number of likely N-dealkylation sites (N-methyl/N-ethyl adjacent to an activating group) is 1. The van der Waals surface area contributed by atoms with Gasteiger partial charge in [0.05, 0.1) is 34.2 Å². The third-order valence-electron chi connectivity index (χ3n) is 3.64. The van der Waals surface area contributed by atoms with Gasteiger partial charge in [0.15, 0.2) is 0 Å². The molecular weight excluding hydrogens is 250 g/mol. The molecule has 1 fully saturated rings. The zero-order valence-corrected chi connectivity index (χ0v) is 13.1. The van der Waals surface area contributed by atoms with Crippen molar-refractivity contribution in [3.05, 3.63) is 12.3 Å². The van der Waals surface area contributed by atoms with Crippen LogP contribution in [0.2, 0.25) is 0 Å². The van der Waals surface area contributed by atoms with Crippen LogP contribution >= 0.6 is 0 Å². The SMILES string of the molecule is C[N+](C)(C)CCNc1nccc(N2CCCCCC2)n1. The summed E-state index contributed by atoms with van der Waals surface area (Å²) < 4.78 is 0.943. The second-order valence-electron chi connectivity index (χ2n) is 6.58. The van der Waals surface area contributed by atoms with Crippen LogP contribution in [0.1, 0.15) is 25.7 Å². The molecule has 0 atom stereocenters. The van der Waals surface area contributed by atoms with Crippen molar-refractivity contribution in [1.82, 2.24) is 9.97 Å². The molecule has 0 saturated carbocycles. The molecule has 1 saturated heterocycles. The Bertz CT molecular complexity index is 405. The van der Waals surface area contributed by atoms with E-state index in [1.165, 1.54) is 25.7 Å². The van der Waals surface area contributed by atoms with E-state index < -0.39 is 0 Å². The van der Waals surface area contributed by atoms with Crippen LogP contribution in [-0.4, -0.2) is 61.8 Å². The molecule has 0 aromatic carbocycles. The molecule has 1 aliphatic rings. The third-order valence-corrected chi connectivity index (χ3v) is 3.64. The van der Waals surface area contributed by atoms with Crippen molar-refractivity contribution >= 4 is 11.8 Å². The Balaban J connectivity index is 1.93. The molecule has 0 aliphatic carbocycles. The lowest BCUT2D eigenvalue weighted by Gasteiger charge is -2.24. The van der Waals surface area contributed by atoms with E-state index in [-0.39, 0.29) is 0 Å². The minimum Gasteiger partial charge on any atom is -0.356 e. The summed E-state index contributed by atoms with van der Waals surface area (Å²) in [6.45, 7) is 4.19. The maximum atomic E-state index is 4.65. The lowest BCUT2D eigenvalue weighted by molar-refractivity contribution is -0.868. The second kappa shape index (κ2) is 6.88. The van der Waals surface area contributed by atoms with Gasteiger partial charge >= 0.3 is 0 Å². The van der Waals surface area contributed by atoms with Crippen LogP contribution in [0.4, 0.5) is 11.8 Å². The molecule has 1 aromatic rings. The maximum absolute atomic E-state index is 4.65. The number of hydrogen-bond acceptors (Lipinski definition) is 4. The van der Waals surface area contributed by atoms with E-state index >= 15 is 0 Å². The highest BCUT2D eigenvalue weighted by Crippen LogP contribution is 2.17. The fourth-order valence-corrected chi connectivity index (χ4v) is 2.41. The van der Waals surface area contributed by atoms with E-state index in [1.54, 1.807) is 0 Å². The van der Waals surface area contributed by atoms with Crippen LogP contribution in [0.25, 0.3) is 0 Å². The van der Waals surface area contributed by atoms with Gasteiger partial charge in [0.1, 0.15) is 5.82 Å². The molecule has 5 heteroatoms. The number of hydrogen-bond donors (Lipinski definition) is 1. The number of aromatic nitrogens is 2. The molecule has 1 N–H and O–H groups in total. The quantitative estimate of drug-likeness (QED) is 0.836. The summed E-state index contributed by atoms with van der Waals surface area (Å²) in [6, 6.07) is 2.02. The third kappa shape index (κ3) is 4.96. The summed E-state index contributed by atoms with van der Waals surface area (Å²) in [6.07, 6.45) is 7.09. The summed E-state index contributed by atoms with van der Waals surface area (Å²) in [5.74, 6) is 1.81. The average Bonchev–Trinajstić information content (AvgIpc) is 2.66. The minimum absolute atomic E-state index is 0.750. The Morgan fingerprint density at radius 1 is 1.15 bits per heavy atom. The number of nitrogens with one attached hydrogen (secondary N) is 1. The predicted molar refractivity (Wildman–Crippen MR) is 84.1 cm³/mol. The van der Waals surface area contributed by atoms with E-state index in [4.69, 9.17) is 0 Å².